The lowest BCUT2D eigenvalue weighted by Crippen LogP contribution is -2.58. The van der Waals surface area contributed by atoms with Crippen LogP contribution in [0, 0.1) is 0 Å². The van der Waals surface area contributed by atoms with Gasteiger partial charge in [0.1, 0.15) is 11.6 Å². The van der Waals surface area contributed by atoms with Gasteiger partial charge in [-0.2, -0.15) is 0 Å². The van der Waals surface area contributed by atoms with E-state index in [2.05, 4.69) is 25.9 Å². The Kier molecular flexibility index (Phi) is 8.18. The number of carbonyl (C=O) groups is 2. The molecule has 0 aromatic carbocycles. The molecule has 0 saturated carbocycles. The molecule has 0 atom stereocenters. The van der Waals surface area contributed by atoms with E-state index >= 15 is 4.11 Å². The number of pyridine rings is 2. The van der Waals surface area contributed by atoms with Crippen LogP contribution in [0.3, 0.4) is 0 Å². The summed E-state index contributed by atoms with van der Waals surface area (Å²) in [4.78, 5) is 32.4. The van der Waals surface area contributed by atoms with Crippen molar-refractivity contribution >= 4 is 31.4 Å². The van der Waals surface area contributed by atoms with E-state index in [1.165, 1.54) is 19.4 Å². The fourth-order valence-corrected chi connectivity index (χ4v) is 8.58. The van der Waals surface area contributed by atoms with Crippen molar-refractivity contribution in [1.82, 2.24) is 20.6 Å². The van der Waals surface area contributed by atoms with E-state index in [1.807, 2.05) is 47.6 Å². The van der Waals surface area contributed by atoms with Crippen molar-refractivity contribution in [2.24, 2.45) is 0 Å². The number of halogens is 1. The molecule has 0 aliphatic carbocycles. The van der Waals surface area contributed by atoms with E-state index in [0.29, 0.717) is 17.5 Å². The Morgan fingerprint density at radius 1 is 1.09 bits per heavy atom. The van der Waals surface area contributed by atoms with Crippen molar-refractivity contribution in [3.63, 3.8) is 0 Å². The summed E-state index contributed by atoms with van der Waals surface area (Å²) in [6.45, 7) is 11.5. The summed E-state index contributed by atoms with van der Waals surface area (Å²) < 4.78 is 22.1. The van der Waals surface area contributed by atoms with Crippen LogP contribution in [-0.2, 0) is 11.3 Å². The highest BCUT2D eigenvalue weighted by molar-refractivity contribution is 6.91. The molecule has 2 rings (SSSR count). The van der Waals surface area contributed by atoms with Gasteiger partial charge in [-0.1, -0.05) is 47.6 Å². The number of anilines is 1. The molecular formula is C23H34FN5O3Si. The Morgan fingerprint density at radius 2 is 1.76 bits per heavy atom. The van der Waals surface area contributed by atoms with Crippen LogP contribution in [0.15, 0.2) is 36.8 Å². The minimum absolute atomic E-state index is 0.197. The first-order valence-electron chi connectivity index (χ1n) is 10.7. The molecule has 2 aromatic rings. The molecule has 0 saturated heterocycles. The van der Waals surface area contributed by atoms with Gasteiger partial charge < -0.3 is 19.5 Å². The molecule has 180 valence electrons. The minimum Gasteiger partial charge on any atom is -0.497 e. The maximum Gasteiger partial charge on any atom is 0.320 e. The normalized spacial score (nSPS) is 12.1. The largest absolute Gasteiger partial charge is 0.497 e. The third-order valence-corrected chi connectivity index (χ3v) is 10.6. The lowest BCUT2D eigenvalue weighted by molar-refractivity contribution is -0.120. The quantitative estimate of drug-likeness (QED) is 0.419. The summed E-state index contributed by atoms with van der Waals surface area (Å²) in [6, 6.07) is 4.52. The number of nitrogens with one attached hydrogen (secondary N) is 3. The monoisotopic (exact) mass is 475 g/mol. The van der Waals surface area contributed by atoms with Crippen LogP contribution >= 0.6 is 0 Å². The molecule has 0 bridgehead atoms. The molecule has 0 unspecified atom stereocenters. The van der Waals surface area contributed by atoms with Crippen molar-refractivity contribution in [2.45, 2.75) is 58.2 Å². The highest BCUT2D eigenvalue weighted by Crippen LogP contribution is 2.52. The van der Waals surface area contributed by atoms with Crippen LogP contribution < -0.4 is 25.9 Å². The molecule has 0 aliphatic rings. The highest BCUT2D eigenvalue weighted by atomic mass is 28.4. The van der Waals surface area contributed by atoms with Crippen LogP contribution in [0.25, 0.3) is 0 Å². The van der Waals surface area contributed by atoms with E-state index in [4.69, 9.17) is 4.74 Å². The van der Waals surface area contributed by atoms with Gasteiger partial charge >= 0.3 is 6.03 Å². The Bertz CT molecular complexity index is 960. The Balaban J connectivity index is 2.05. The van der Waals surface area contributed by atoms with Crippen LogP contribution in [-0.4, -0.2) is 44.0 Å². The van der Waals surface area contributed by atoms with Crippen molar-refractivity contribution in [1.29, 1.82) is 0 Å². The SMILES string of the molecule is COc1cc(NC(=O)NCC(=O)NCc2cccnc2)ncc1[Si](F)(C(C)(C)C)C(C)(C)C. The number of ether oxygens (including phenoxy) is 1. The average molecular weight is 476 g/mol. The molecule has 0 radical (unpaired) electrons. The lowest BCUT2D eigenvalue weighted by atomic mass is 10.2. The first-order valence-corrected chi connectivity index (χ1v) is 12.6. The number of amides is 3. The second kappa shape index (κ2) is 10.3. The van der Waals surface area contributed by atoms with Crippen molar-refractivity contribution in [2.75, 3.05) is 19.0 Å². The molecule has 3 amide bonds. The molecular weight excluding hydrogens is 441 g/mol. The standard InChI is InChI=1S/C23H34FN5O3Si/c1-22(2,3)33(24,23(4,5)6)18-14-26-19(11-17(18)32-7)29-21(31)28-15-20(30)27-13-16-9-8-10-25-12-16/h8-12,14H,13,15H2,1-7H3,(H,27,30)(H2,26,28,29,31). The topological polar surface area (TPSA) is 105 Å². The van der Waals surface area contributed by atoms with Gasteiger partial charge in [0, 0.05) is 36.4 Å². The lowest BCUT2D eigenvalue weighted by Gasteiger charge is -2.45. The van der Waals surface area contributed by atoms with Gasteiger partial charge in [-0.15, -0.1) is 0 Å². The summed E-state index contributed by atoms with van der Waals surface area (Å²) in [5.74, 6) is 0.190. The van der Waals surface area contributed by atoms with Crippen LogP contribution in [0.5, 0.6) is 5.75 Å². The van der Waals surface area contributed by atoms with Gasteiger partial charge in [0.15, 0.2) is 0 Å². The number of carbonyl (C=O) groups excluding carboxylic acids is 2. The maximum atomic E-state index is 16.7. The first-order chi connectivity index (χ1) is 15.3. The molecule has 0 spiro atoms. The van der Waals surface area contributed by atoms with Crippen molar-refractivity contribution in [3.8, 4) is 5.75 Å². The minimum atomic E-state index is -3.60. The van der Waals surface area contributed by atoms with Gasteiger partial charge in [0.05, 0.1) is 13.7 Å². The molecule has 0 aliphatic heterocycles. The van der Waals surface area contributed by atoms with E-state index in [1.54, 1.807) is 18.5 Å². The van der Waals surface area contributed by atoms with Crippen molar-refractivity contribution in [3.05, 3.63) is 42.4 Å². The number of nitrogens with zero attached hydrogens (tertiary/aromatic N) is 2. The van der Waals surface area contributed by atoms with Gasteiger partial charge in [0.25, 0.3) is 8.41 Å². The molecule has 0 fully saturated rings. The van der Waals surface area contributed by atoms with E-state index < -0.39 is 24.5 Å². The van der Waals surface area contributed by atoms with Gasteiger partial charge in [-0.05, 0) is 21.7 Å². The molecule has 8 nitrogen and oxygen atoms in total. The number of hydrogen-bond donors (Lipinski definition) is 3. The second-order valence-electron chi connectivity index (χ2n) is 9.87. The van der Waals surface area contributed by atoms with Crippen LogP contribution in [0.2, 0.25) is 10.1 Å². The smallest absolute Gasteiger partial charge is 0.320 e. The molecule has 33 heavy (non-hydrogen) atoms. The molecule has 2 aromatic heterocycles. The van der Waals surface area contributed by atoms with Gasteiger partial charge in [0.2, 0.25) is 5.91 Å². The van der Waals surface area contributed by atoms with Gasteiger partial charge in [-0.25, -0.2) is 9.78 Å². The van der Waals surface area contributed by atoms with E-state index in [0.717, 1.165) is 5.56 Å². The van der Waals surface area contributed by atoms with E-state index in [-0.39, 0.29) is 18.3 Å². The number of rotatable bonds is 7. The summed E-state index contributed by atoms with van der Waals surface area (Å²) in [5.41, 5.74) is 0.852. The average Bonchev–Trinajstić information content (AvgIpc) is 2.74. The second-order valence-corrected chi connectivity index (χ2v) is 14.7. The number of hydrogen-bond acceptors (Lipinski definition) is 5. The number of aromatic nitrogens is 2. The third-order valence-electron chi connectivity index (χ3n) is 5.39. The maximum absolute atomic E-state index is 16.7. The summed E-state index contributed by atoms with van der Waals surface area (Å²) in [6.07, 6.45) is 4.75. The predicted octanol–water partition coefficient (Wildman–Crippen LogP) is 3.65. The molecule has 2 heterocycles. The van der Waals surface area contributed by atoms with Gasteiger partial charge in [-0.3, -0.25) is 15.1 Å². The predicted molar refractivity (Wildman–Crippen MR) is 130 cm³/mol. The number of methoxy groups -OCH3 is 1. The Morgan fingerprint density at radius 3 is 2.30 bits per heavy atom. The summed E-state index contributed by atoms with van der Waals surface area (Å²) in [7, 11) is -2.13. The van der Waals surface area contributed by atoms with Crippen molar-refractivity contribution < 1.29 is 18.4 Å². The zero-order valence-corrected chi connectivity index (χ0v) is 21.4. The van der Waals surface area contributed by atoms with E-state index in [9.17, 15) is 9.59 Å². The fourth-order valence-electron chi connectivity index (χ4n) is 3.95. The fraction of sp³-hybridized carbons (Fsp3) is 0.478. The third kappa shape index (κ3) is 6.28. The summed E-state index contributed by atoms with van der Waals surface area (Å²) >= 11 is 0. The zero-order chi connectivity index (χ0) is 24.9. The number of urea groups is 1. The first kappa shape index (κ1) is 26.2. The van der Waals surface area contributed by atoms with Crippen LogP contribution in [0.1, 0.15) is 47.1 Å². The summed E-state index contributed by atoms with van der Waals surface area (Å²) in [5, 5.41) is 6.98. The molecule has 10 heteroatoms. The Labute approximate surface area is 195 Å². The zero-order valence-electron chi connectivity index (χ0n) is 20.4. The van der Waals surface area contributed by atoms with Crippen LogP contribution in [0.4, 0.5) is 14.7 Å². The Hall–Kier alpha value is -3.01. The molecule has 3 N–H and O–H groups in total. The highest BCUT2D eigenvalue weighted by Gasteiger charge is 2.58.